The first-order valence-corrected chi connectivity index (χ1v) is 0. The Hall–Kier alpha value is 3.97. The monoisotopic (exact) mass is 497 g/mol. The van der Waals surface area contributed by atoms with Crippen molar-refractivity contribution in [2.24, 2.45) is 0 Å². The van der Waals surface area contributed by atoms with Crippen LogP contribution in [0.1, 0.15) is 0 Å². The third-order valence-electron chi connectivity index (χ3n) is 0. The average Bonchev–Trinajstić information content (AvgIpc) is 0. The number of rotatable bonds is 0. The number of hydrogen-bond acceptors (Lipinski definition) is 0. The van der Waals surface area contributed by atoms with Crippen molar-refractivity contribution < 1.29 is 72.3 Å². The van der Waals surface area contributed by atoms with Crippen molar-refractivity contribution in [1.82, 2.24) is 0 Å². The first kappa shape index (κ1) is 91.5. The summed E-state index contributed by atoms with van der Waals surface area (Å²) in [6.45, 7) is 0. The van der Waals surface area contributed by atoms with Crippen molar-refractivity contribution in [1.29, 1.82) is 0 Å². The third kappa shape index (κ3) is 50.9. The van der Waals surface area contributed by atoms with Crippen LogP contribution in [0.2, 0.25) is 0 Å². The van der Waals surface area contributed by atoms with Crippen LogP contribution in [0.5, 0.6) is 0 Å². The topological polar surface area (TPSA) is 0 Å². The van der Waals surface area contributed by atoms with Crippen LogP contribution in [0.3, 0.4) is 0 Å². The molecule has 0 aromatic rings. The van der Waals surface area contributed by atoms with E-state index in [0.717, 1.165) is 0 Å². The molecule has 0 aliphatic rings. The first-order chi connectivity index (χ1) is 0. The minimum Gasteiger partial charge on any atom is -3.00 e. The van der Waals surface area contributed by atoms with Crippen LogP contribution in [0, 0.1) is 0 Å². The third-order valence-corrected chi connectivity index (χ3v) is 0. The van der Waals surface area contributed by atoms with Crippen molar-refractivity contribution in [2.45, 2.75) is 0 Å². The van der Waals surface area contributed by atoms with E-state index in [2.05, 4.69) is 0 Å². The molecule has 3 radical (unpaired) electrons. The summed E-state index contributed by atoms with van der Waals surface area (Å²) in [5.41, 5.74) is 0. The van der Waals surface area contributed by atoms with Crippen LogP contribution < -0.4 is 0 Å². The summed E-state index contributed by atoms with van der Waals surface area (Å²) >= 11 is 0. The number of hydrogen-bond donors (Lipinski definition) is 0. The van der Waals surface area contributed by atoms with Crippen molar-refractivity contribution in [2.75, 3.05) is 0 Å². The van der Waals surface area contributed by atoms with E-state index in [0.29, 0.717) is 0 Å². The molecule has 0 aliphatic carbocycles. The van der Waals surface area contributed by atoms with E-state index in [1.165, 1.54) is 0 Å². The second-order valence-electron chi connectivity index (χ2n) is 0. The van der Waals surface area contributed by atoms with Gasteiger partial charge in [-0.05, 0) is 0 Å². The van der Waals surface area contributed by atoms with Gasteiger partial charge in [-0.1, -0.05) is 0 Å². The van der Waals surface area contributed by atoms with E-state index in [9.17, 15) is 0 Å². The van der Waals surface area contributed by atoms with E-state index in [-0.39, 0.29) is 112 Å². The molecule has 0 rings (SSSR count). The second kappa shape index (κ2) is 69.2. The Balaban J connectivity index is 0. The quantitative estimate of drug-likeness (QED) is 0.355. The molecule has 0 saturated heterocycles. The van der Waals surface area contributed by atoms with Crippen molar-refractivity contribution >= 4 is 39.6 Å². The molecule has 0 fully saturated rings. The molecule has 0 aliphatic heterocycles. The summed E-state index contributed by atoms with van der Waals surface area (Å²) in [6.07, 6.45) is 0. The second-order valence-corrected chi connectivity index (χ2v) is 0. The molecule has 65 valence electrons. The van der Waals surface area contributed by atoms with Gasteiger partial charge in [-0.2, -0.15) is 0 Å². The van der Waals surface area contributed by atoms with Gasteiger partial charge in [0.25, 0.3) is 0 Å². The molecule has 0 amide bonds. The molecular formula is Cu3P4W-6. The van der Waals surface area contributed by atoms with Crippen molar-refractivity contribution in [3.8, 4) is 0 Å². The zero-order valence-corrected chi connectivity index (χ0v) is 12.4. The zero-order chi connectivity index (χ0) is 0. The van der Waals surface area contributed by atoms with Crippen LogP contribution in [0.25, 0.3) is 0 Å². The van der Waals surface area contributed by atoms with Crippen LogP contribution in [-0.2, 0) is 72.3 Å². The Morgan fingerprint density at radius 2 is 0.375 bits per heavy atom. The minimum atomic E-state index is 0. The molecule has 0 bridgehead atoms. The normalized spacial score (nSPS) is 0. The van der Waals surface area contributed by atoms with E-state index >= 15 is 0 Å². The average molecular weight is 498 g/mol. The van der Waals surface area contributed by atoms with Gasteiger partial charge < -0.3 is 39.6 Å². The molecule has 0 aromatic heterocycles. The molecule has 0 aromatic carbocycles. The maximum absolute atomic E-state index is 0. The predicted octanol–water partition coefficient (Wildman–Crippen LogP) is 3.43. The SMILES string of the molecule is [Cu+2].[Cu+2].[Cu+2].[P-3].[P-3].[P-3].[P-3].[W]. The molecule has 8 heavy (non-hydrogen) atoms. The first-order valence-electron chi connectivity index (χ1n) is 0. The summed E-state index contributed by atoms with van der Waals surface area (Å²) in [5.74, 6) is 0. The van der Waals surface area contributed by atoms with Gasteiger partial charge in [0.05, 0.1) is 0 Å². The molecule has 8 heteroatoms. The summed E-state index contributed by atoms with van der Waals surface area (Å²) in [7, 11) is 0. The maximum atomic E-state index is 0. The minimum absolute atomic E-state index is 0. The van der Waals surface area contributed by atoms with E-state index in [4.69, 9.17) is 0 Å². The summed E-state index contributed by atoms with van der Waals surface area (Å²) in [4.78, 5) is 0. The Morgan fingerprint density at radius 1 is 0.375 bits per heavy atom. The van der Waals surface area contributed by atoms with Crippen LogP contribution in [0.15, 0.2) is 0 Å². The molecule has 0 saturated carbocycles. The van der Waals surface area contributed by atoms with Gasteiger partial charge in [-0.25, -0.2) is 0 Å². The molecule has 0 N–H and O–H groups in total. The van der Waals surface area contributed by atoms with Gasteiger partial charge >= 0.3 is 51.2 Å². The summed E-state index contributed by atoms with van der Waals surface area (Å²) < 4.78 is 0. The Morgan fingerprint density at radius 3 is 0.375 bits per heavy atom. The van der Waals surface area contributed by atoms with Crippen molar-refractivity contribution in [3.63, 3.8) is 0 Å². The van der Waals surface area contributed by atoms with E-state index in [1.807, 2.05) is 0 Å². The predicted molar refractivity (Wildman–Crippen MR) is 27.7 cm³/mol. The van der Waals surface area contributed by atoms with Crippen LogP contribution in [-0.4, -0.2) is 0 Å². The van der Waals surface area contributed by atoms with Gasteiger partial charge in [0.15, 0.2) is 0 Å². The van der Waals surface area contributed by atoms with E-state index in [1.54, 1.807) is 0 Å². The van der Waals surface area contributed by atoms with Gasteiger partial charge in [-0.3, -0.25) is 0 Å². The fraction of sp³-hybridized carbons (Fsp3) is 0. The van der Waals surface area contributed by atoms with Gasteiger partial charge in [-0.15, -0.1) is 0 Å². The van der Waals surface area contributed by atoms with Gasteiger partial charge in [0.2, 0.25) is 0 Å². The molecule has 0 nitrogen and oxygen atoms in total. The smallest absolute Gasteiger partial charge is 2.00 e. The zero-order valence-electron chi connectivity index (χ0n) is 3.10. The fourth-order valence-corrected chi connectivity index (χ4v) is 0. The Kier molecular flexibility index (Phi) is 792. The van der Waals surface area contributed by atoms with Crippen LogP contribution >= 0.6 is 39.6 Å². The Bertz CT molecular complexity index is 11.2. The standard InChI is InChI=1S/3Cu.4P.W/q3*+2;4*-3;. The molecule has 0 atom stereocenters. The molecule has 0 unspecified atom stereocenters. The molecular weight excluding hydrogens is 498 g/mol. The summed E-state index contributed by atoms with van der Waals surface area (Å²) in [6, 6.07) is 0. The van der Waals surface area contributed by atoms with Crippen LogP contribution in [0.4, 0.5) is 0 Å². The maximum Gasteiger partial charge on any atom is 2.00 e. The van der Waals surface area contributed by atoms with Gasteiger partial charge in [0, 0.05) is 21.1 Å². The van der Waals surface area contributed by atoms with E-state index < -0.39 is 0 Å². The Labute approximate surface area is 111 Å². The summed E-state index contributed by atoms with van der Waals surface area (Å²) in [5, 5.41) is 0. The fourth-order valence-electron chi connectivity index (χ4n) is 0. The largest absolute Gasteiger partial charge is 3.00 e. The van der Waals surface area contributed by atoms with Crippen molar-refractivity contribution in [3.05, 3.63) is 0 Å². The molecule has 0 heterocycles. The molecule has 0 spiro atoms. The van der Waals surface area contributed by atoms with Gasteiger partial charge in [0.1, 0.15) is 0 Å².